The first-order chi connectivity index (χ1) is 13.1. The standard InChI is InChI=1S/C21H26N2O5/c1-12-17(13(2)22(4)18(12)21(26)28-7)19(24)14(3)23(5)20(25)15-9-8-10-16(11-15)27-6/h8-11,14H,1-7H3. The lowest BCUT2D eigenvalue weighted by Gasteiger charge is -2.24. The number of carbonyl (C=O) groups excluding carboxylic acids is 3. The number of carbonyl (C=O) groups is 3. The van der Waals surface area contributed by atoms with Crippen molar-refractivity contribution in [1.82, 2.24) is 9.47 Å². The first-order valence-electron chi connectivity index (χ1n) is 8.85. The molecule has 1 amide bonds. The van der Waals surface area contributed by atoms with Gasteiger partial charge in [0.2, 0.25) is 0 Å². The number of rotatable bonds is 6. The molecule has 0 saturated carbocycles. The predicted molar refractivity (Wildman–Crippen MR) is 105 cm³/mol. The van der Waals surface area contributed by atoms with Crippen LogP contribution in [-0.2, 0) is 11.8 Å². The summed E-state index contributed by atoms with van der Waals surface area (Å²) in [6.07, 6.45) is 0. The molecule has 0 saturated heterocycles. The Morgan fingerprint density at radius 3 is 2.36 bits per heavy atom. The largest absolute Gasteiger partial charge is 0.497 e. The van der Waals surface area contributed by atoms with Gasteiger partial charge < -0.3 is 18.9 Å². The van der Waals surface area contributed by atoms with E-state index in [2.05, 4.69) is 0 Å². The van der Waals surface area contributed by atoms with E-state index >= 15 is 0 Å². The van der Waals surface area contributed by atoms with E-state index in [1.165, 1.54) is 19.1 Å². The smallest absolute Gasteiger partial charge is 0.354 e. The molecule has 0 aliphatic carbocycles. The van der Waals surface area contributed by atoms with Crippen molar-refractivity contribution in [2.75, 3.05) is 21.3 Å². The summed E-state index contributed by atoms with van der Waals surface area (Å²) in [6, 6.07) is 6.05. The number of hydrogen-bond donors (Lipinski definition) is 0. The van der Waals surface area contributed by atoms with Crippen molar-refractivity contribution < 1.29 is 23.9 Å². The number of ether oxygens (including phenoxy) is 2. The van der Waals surface area contributed by atoms with Crippen LogP contribution in [0.2, 0.25) is 0 Å². The van der Waals surface area contributed by atoms with Gasteiger partial charge in [0.05, 0.1) is 20.3 Å². The van der Waals surface area contributed by atoms with Crippen LogP contribution in [0.15, 0.2) is 24.3 Å². The Bertz CT molecular complexity index is 929. The minimum Gasteiger partial charge on any atom is -0.497 e. The molecule has 0 aliphatic heterocycles. The quantitative estimate of drug-likeness (QED) is 0.564. The van der Waals surface area contributed by atoms with Crippen molar-refractivity contribution in [1.29, 1.82) is 0 Å². The second-order valence-electron chi connectivity index (χ2n) is 6.67. The van der Waals surface area contributed by atoms with Crippen molar-refractivity contribution >= 4 is 17.7 Å². The highest BCUT2D eigenvalue weighted by Gasteiger charge is 2.31. The highest BCUT2D eigenvalue weighted by atomic mass is 16.5. The van der Waals surface area contributed by atoms with Gasteiger partial charge in [0, 0.05) is 30.9 Å². The van der Waals surface area contributed by atoms with Crippen LogP contribution in [0.25, 0.3) is 0 Å². The van der Waals surface area contributed by atoms with Gasteiger partial charge in [-0.1, -0.05) is 6.07 Å². The highest BCUT2D eigenvalue weighted by Crippen LogP contribution is 2.25. The number of amides is 1. The van der Waals surface area contributed by atoms with Crippen LogP contribution < -0.4 is 4.74 Å². The van der Waals surface area contributed by atoms with Gasteiger partial charge in [-0.3, -0.25) is 9.59 Å². The summed E-state index contributed by atoms with van der Waals surface area (Å²) in [7, 11) is 6.12. The Labute approximate surface area is 164 Å². The van der Waals surface area contributed by atoms with Crippen LogP contribution in [0.3, 0.4) is 0 Å². The van der Waals surface area contributed by atoms with Crippen LogP contribution in [0.1, 0.15) is 49.4 Å². The first-order valence-corrected chi connectivity index (χ1v) is 8.85. The zero-order valence-corrected chi connectivity index (χ0v) is 17.3. The number of likely N-dealkylation sites (N-methyl/N-ethyl adjacent to an activating group) is 1. The summed E-state index contributed by atoms with van der Waals surface area (Å²) >= 11 is 0. The molecule has 0 spiro atoms. The highest BCUT2D eigenvalue weighted by molar-refractivity contribution is 6.07. The third-order valence-electron chi connectivity index (χ3n) is 5.15. The van der Waals surface area contributed by atoms with E-state index in [0.717, 1.165) is 0 Å². The maximum Gasteiger partial charge on any atom is 0.354 e. The third kappa shape index (κ3) is 3.65. The second kappa shape index (κ2) is 8.29. The molecule has 2 aromatic rings. The zero-order valence-electron chi connectivity index (χ0n) is 17.3. The molecule has 7 heteroatoms. The number of benzene rings is 1. The maximum absolute atomic E-state index is 13.2. The average molecular weight is 386 g/mol. The lowest BCUT2D eigenvalue weighted by molar-refractivity contribution is 0.0588. The van der Waals surface area contributed by atoms with E-state index in [0.29, 0.717) is 33.8 Å². The normalized spacial score (nSPS) is 11.7. The summed E-state index contributed by atoms with van der Waals surface area (Å²) in [5.41, 5.74) is 2.39. The summed E-state index contributed by atoms with van der Waals surface area (Å²) in [4.78, 5) is 39.5. The predicted octanol–water partition coefficient (Wildman–Crippen LogP) is 2.78. The van der Waals surface area contributed by atoms with Gasteiger partial charge in [-0.05, 0) is 44.5 Å². The van der Waals surface area contributed by atoms with Crippen molar-refractivity contribution in [2.45, 2.75) is 26.8 Å². The molecule has 150 valence electrons. The molecule has 1 aromatic carbocycles. The van der Waals surface area contributed by atoms with Gasteiger partial charge in [0.15, 0.2) is 5.78 Å². The molecule has 0 bridgehead atoms. The molecule has 0 N–H and O–H groups in total. The van der Waals surface area contributed by atoms with E-state index in [9.17, 15) is 14.4 Å². The molecule has 28 heavy (non-hydrogen) atoms. The third-order valence-corrected chi connectivity index (χ3v) is 5.15. The fraction of sp³-hybridized carbons (Fsp3) is 0.381. The lowest BCUT2D eigenvalue weighted by Crippen LogP contribution is -2.40. The van der Waals surface area contributed by atoms with Crippen LogP contribution in [-0.4, -0.2) is 54.4 Å². The molecular formula is C21H26N2O5. The number of aromatic nitrogens is 1. The van der Waals surface area contributed by atoms with E-state index in [1.807, 2.05) is 0 Å². The topological polar surface area (TPSA) is 77.8 Å². The monoisotopic (exact) mass is 386 g/mol. The molecule has 0 fully saturated rings. The molecule has 2 rings (SSSR count). The van der Waals surface area contributed by atoms with Crippen molar-refractivity contribution in [2.24, 2.45) is 7.05 Å². The van der Waals surface area contributed by atoms with Gasteiger partial charge in [0.1, 0.15) is 11.4 Å². The van der Waals surface area contributed by atoms with Crippen LogP contribution >= 0.6 is 0 Å². The number of ketones is 1. The Hall–Kier alpha value is -3.09. The maximum atomic E-state index is 13.2. The molecular weight excluding hydrogens is 360 g/mol. The Kier molecular flexibility index (Phi) is 6.28. The molecule has 1 aromatic heterocycles. The number of hydrogen-bond acceptors (Lipinski definition) is 5. The van der Waals surface area contributed by atoms with Gasteiger partial charge in [0.25, 0.3) is 5.91 Å². The first kappa shape index (κ1) is 21.2. The van der Waals surface area contributed by atoms with Gasteiger partial charge in [-0.2, -0.15) is 0 Å². The Morgan fingerprint density at radius 1 is 1.14 bits per heavy atom. The molecule has 0 radical (unpaired) electrons. The number of nitrogens with zero attached hydrogens (tertiary/aromatic N) is 2. The minimum absolute atomic E-state index is 0.237. The molecule has 1 heterocycles. The Morgan fingerprint density at radius 2 is 1.79 bits per heavy atom. The number of Topliss-reactive ketones (excluding diaryl/α,β-unsaturated/α-hetero) is 1. The van der Waals surface area contributed by atoms with Crippen molar-refractivity contribution in [3.8, 4) is 5.75 Å². The number of methoxy groups -OCH3 is 2. The van der Waals surface area contributed by atoms with Gasteiger partial charge >= 0.3 is 5.97 Å². The Balaban J connectivity index is 2.36. The van der Waals surface area contributed by atoms with E-state index in [4.69, 9.17) is 9.47 Å². The molecule has 1 atom stereocenters. The van der Waals surface area contributed by atoms with Gasteiger partial charge in [-0.25, -0.2) is 4.79 Å². The number of esters is 1. The fourth-order valence-corrected chi connectivity index (χ4v) is 3.25. The summed E-state index contributed by atoms with van der Waals surface area (Å²) in [6.45, 7) is 5.15. The zero-order chi connectivity index (χ0) is 21.2. The SMILES string of the molecule is COC(=O)c1c(C)c(C(=O)C(C)N(C)C(=O)c2cccc(OC)c2)c(C)n1C. The fourth-order valence-electron chi connectivity index (χ4n) is 3.25. The van der Waals surface area contributed by atoms with Crippen molar-refractivity contribution in [3.05, 3.63) is 52.3 Å². The minimum atomic E-state index is -0.719. The molecule has 1 unspecified atom stereocenters. The summed E-state index contributed by atoms with van der Waals surface area (Å²) < 4.78 is 11.6. The molecule has 0 aliphatic rings. The molecule has 7 nitrogen and oxygen atoms in total. The summed E-state index contributed by atoms with van der Waals surface area (Å²) in [5, 5.41) is 0. The lowest BCUT2D eigenvalue weighted by atomic mass is 9.99. The van der Waals surface area contributed by atoms with E-state index < -0.39 is 12.0 Å². The van der Waals surface area contributed by atoms with Crippen LogP contribution in [0.4, 0.5) is 0 Å². The van der Waals surface area contributed by atoms with E-state index in [1.54, 1.807) is 63.7 Å². The second-order valence-corrected chi connectivity index (χ2v) is 6.67. The average Bonchev–Trinajstić information content (AvgIpc) is 2.93. The van der Waals surface area contributed by atoms with Gasteiger partial charge in [-0.15, -0.1) is 0 Å². The summed E-state index contributed by atoms with van der Waals surface area (Å²) in [5.74, 6) is -0.468. The van der Waals surface area contributed by atoms with Crippen LogP contribution in [0.5, 0.6) is 5.75 Å². The van der Waals surface area contributed by atoms with E-state index in [-0.39, 0.29) is 11.7 Å². The van der Waals surface area contributed by atoms with Crippen LogP contribution in [0, 0.1) is 13.8 Å². The van der Waals surface area contributed by atoms with Crippen molar-refractivity contribution in [3.63, 3.8) is 0 Å².